The number of rotatable bonds is 6. The summed E-state index contributed by atoms with van der Waals surface area (Å²) in [7, 11) is 0. The molecule has 0 aromatic carbocycles. The molecular weight excluding hydrogens is 350 g/mol. The quantitative estimate of drug-likeness (QED) is 0.728. The maximum atomic E-state index is 12.4. The lowest BCUT2D eigenvalue weighted by Gasteiger charge is -2.30. The molecule has 2 aromatic rings. The Bertz CT molecular complexity index is 739. The molecule has 1 fully saturated rings. The van der Waals surface area contributed by atoms with E-state index in [9.17, 15) is 9.59 Å². The summed E-state index contributed by atoms with van der Waals surface area (Å²) in [5.41, 5.74) is 1.93. The Balaban J connectivity index is 1.46. The number of carbonyl (C=O) groups is 2. The van der Waals surface area contributed by atoms with E-state index in [0.717, 1.165) is 16.3 Å². The van der Waals surface area contributed by atoms with Crippen molar-refractivity contribution in [1.82, 2.24) is 14.9 Å². The number of pyridine rings is 1. The maximum Gasteiger partial charge on any atom is 0.309 e. The van der Waals surface area contributed by atoms with Crippen LogP contribution in [0.2, 0.25) is 0 Å². The first-order valence-electron chi connectivity index (χ1n) is 8.96. The second-order valence-corrected chi connectivity index (χ2v) is 7.15. The minimum Gasteiger partial charge on any atom is -0.466 e. The third kappa shape index (κ3) is 4.66. The van der Waals surface area contributed by atoms with Crippen LogP contribution in [-0.4, -0.2) is 46.4 Å². The van der Waals surface area contributed by atoms with Crippen molar-refractivity contribution < 1.29 is 14.3 Å². The van der Waals surface area contributed by atoms with E-state index >= 15 is 0 Å². The first-order valence-corrected chi connectivity index (χ1v) is 9.84. The molecule has 0 spiro atoms. The Morgan fingerprint density at radius 3 is 2.85 bits per heavy atom. The van der Waals surface area contributed by atoms with Crippen molar-refractivity contribution in [3.63, 3.8) is 0 Å². The van der Waals surface area contributed by atoms with Crippen molar-refractivity contribution in [3.8, 4) is 10.6 Å². The van der Waals surface area contributed by atoms with Gasteiger partial charge in [-0.15, -0.1) is 11.3 Å². The van der Waals surface area contributed by atoms with Crippen LogP contribution < -0.4 is 0 Å². The van der Waals surface area contributed by atoms with Gasteiger partial charge < -0.3 is 9.64 Å². The lowest BCUT2D eigenvalue weighted by molar-refractivity contribution is -0.151. The van der Waals surface area contributed by atoms with Gasteiger partial charge in [-0.05, 0) is 38.3 Å². The molecule has 1 amide bonds. The maximum absolute atomic E-state index is 12.4. The predicted octanol–water partition coefficient (Wildman–Crippen LogP) is 2.94. The van der Waals surface area contributed by atoms with Gasteiger partial charge in [-0.1, -0.05) is 0 Å². The van der Waals surface area contributed by atoms with Crippen LogP contribution in [0.1, 0.15) is 31.9 Å². The van der Waals surface area contributed by atoms with Gasteiger partial charge in [0, 0.05) is 42.8 Å². The number of amides is 1. The zero-order valence-corrected chi connectivity index (χ0v) is 15.7. The molecule has 0 unspecified atom stereocenters. The number of thiazole rings is 1. The molecule has 0 bridgehead atoms. The van der Waals surface area contributed by atoms with Crippen LogP contribution >= 0.6 is 11.3 Å². The molecule has 7 heteroatoms. The highest BCUT2D eigenvalue weighted by Gasteiger charge is 2.28. The largest absolute Gasteiger partial charge is 0.466 e. The van der Waals surface area contributed by atoms with Gasteiger partial charge in [0.05, 0.1) is 18.2 Å². The van der Waals surface area contributed by atoms with E-state index in [2.05, 4.69) is 9.97 Å². The van der Waals surface area contributed by atoms with Crippen molar-refractivity contribution in [1.29, 1.82) is 0 Å². The molecule has 0 saturated carbocycles. The van der Waals surface area contributed by atoms with Crippen molar-refractivity contribution in [3.05, 3.63) is 35.6 Å². The number of likely N-dealkylation sites (tertiary alicyclic amines) is 1. The summed E-state index contributed by atoms with van der Waals surface area (Å²) in [6.07, 6.45) is 5.98. The van der Waals surface area contributed by atoms with Crippen molar-refractivity contribution in [2.24, 2.45) is 5.92 Å². The monoisotopic (exact) mass is 373 g/mol. The third-order valence-corrected chi connectivity index (χ3v) is 5.46. The molecule has 1 aliphatic rings. The van der Waals surface area contributed by atoms with Crippen LogP contribution in [0.15, 0.2) is 29.9 Å². The van der Waals surface area contributed by atoms with Crippen molar-refractivity contribution in [2.45, 2.75) is 32.6 Å². The molecule has 1 saturated heterocycles. The first kappa shape index (κ1) is 18.5. The number of ether oxygens (including phenoxy) is 1. The smallest absolute Gasteiger partial charge is 0.309 e. The summed E-state index contributed by atoms with van der Waals surface area (Å²) in [4.78, 5) is 34.8. The van der Waals surface area contributed by atoms with Gasteiger partial charge in [0.15, 0.2) is 0 Å². The standard InChI is InChI=1S/C19H23N3O3S/c1-2-25-19(24)14-7-10-22(11-8-14)17(23)6-5-16-13-26-18(21-16)15-4-3-9-20-12-15/h3-4,9,12-14H,2,5-8,10-11H2,1H3. The normalized spacial score (nSPS) is 15.0. The van der Waals surface area contributed by atoms with Gasteiger partial charge in [0.1, 0.15) is 5.01 Å². The van der Waals surface area contributed by atoms with E-state index in [1.807, 2.05) is 29.3 Å². The minimum atomic E-state index is -0.134. The average molecular weight is 373 g/mol. The fraction of sp³-hybridized carbons (Fsp3) is 0.474. The van der Waals surface area contributed by atoms with E-state index in [4.69, 9.17) is 4.74 Å². The number of hydrogen-bond donors (Lipinski definition) is 0. The zero-order chi connectivity index (χ0) is 18.4. The highest BCUT2D eigenvalue weighted by molar-refractivity contribution is 7.13. The van der Waals surface area contributed by atoms with Gasteiger partial charge in [0.2, 0.25) is 5.91 Å². The zero-order valence-electron chi connectivity index (χ0n) is 14.9. The van der Waals surface area contributed by atoms with Crippen LogP contribution in [0.3, 0.4) is 0 Å². The van der Waals surface area contributed by atoms with E-state index in [1.54, 1.807) is 23.7 Å². The predicted molar refractivity (Wildman–Crippen MR) is 99.6 cm³/mol. The van der Waals surface area contributed by atoms with Crippen molar-refractivity contribution in [2.75, 3.05) is 19.7 Å². The van der Waals surface area contributed by atoms with Gasteiger partial charge >= 0.3 is 5.97 Å². The van der Waals surface area contributed by atoms with Crippen LogP contribution in [0, 0.1) is 5.92 Å². The highest BCUT2D eigenvalue weighted by atomic mass is 32.1. The van der Waals surface area contributed by atoms with Crippen LogP contribution in [0.5, 0.6) is 0 Å². The number of nitrogens with zero attached hydrogens (tertiary/aromatic N) is 3. The first-order chi connectivity index (χ1) is 12.7. The Kier molecular flexibility index (Phi) is 6.33. The van der Waals surface area contributed by atoms with Gasteiger partial charge in [-0.25, -0.2) is 4.98 Å². The molecule has 2 aromatic heterocycles. The second-order valence-electron chi connectivity index (χ2n) is 6.29. The van der Waals surface area contributed by atoms with E-state index in [0.29, 0.717) is 45.4 Å². The molecule has 0 N–H and O–H groups in total. The van der Waals surface area contributed by atoms with Gasteiger partial charge in [-0.3, -0.25) is 14.6 Å². The molecule has 26 heavy (non-hydrogen) atoms. The van der Waals surface area contributed by atoms with Crippen LogP contribution in [0.25, 0.3) is 10.6 Å². The average Bonchev–Trinajstić information content (AvgIpc) is 3.16. The Morgan fingerprint density at radius 2 is 2.15 bits per heavy atom. The summed E-state index contributed by atoms with van der Waals surface area (Å²) >= 11 is 1.57. The minimum absolute atomic E-state index is 0.0698. The Hall–Kier alpha value is -2.28. The molecule has 0 aliphatic carbocycles. The van der Waals surface area contributed by atoms with Gasteiger partial charge in [0.25, 0.3) is 0 Å². The lowest BCUT2D eigenvalue weighted by Crippen LogP contribution is -2.40. The third-order valence-electron chi connectivity index (χ3n) is 4.52. The van der Waals surface area contributed by atoms with Crippen LogP contribution in [-0.2, 0) is 20.7 Å². The summed E-state index contributed by atoms with van der Waals surface area (Å²) in [6.45, 7) is 3.47. The number of esters is 1. The number of piperidine rings is 1. The summed E-state index contributed by atoms with van der Waals surface area (Å²) < 4.78 is 5.07. The fourth-order valence-electron chi connectivity index (χ4n) is 3.06. The number of hydrogen-bond acceptors (Lipinski definition) is 6. The molecule has 6 nitrogen and oxygen atoms in total. The molecule has 0 atom stereocenters. The number of carbonyl (C=O) groups excluding carboxylic acids is 2. The highest BCUT2D eigenvalue weighted by Crippen LogP contribution is 2.24. The van der Waals surface area contributed by atoms with E-state index in [-0.39, 0.29) is 17.8 Å². The topological polar surface area (TPSA) is 72.4 Å². The summed E-state index contributed by atoms with van der Waals surface area (Å²) in [5, 5.41) is 2.93. The van der Waals surface area contributed by atoms with Gasteiger partial charge in [-0.2, -0.15) is 0 Å². The van der Waals surface area contributed by atoms with E-state index < -0.39 is 0 Å². The lowest BCUT2D eigenvalue weighted by atomic mass is 9.96. The SMILES string of the molecule is CCOC(=O)C1CCN(C(=O)CCc2csc(-c3cccnc3)n2)CC1. The molecule has 0 radical (unpaired) electrons. The Labute approximate surface area is 157 Å². The summed E-state index contributed by atoms with van der Waals surface area (Å²) in [6, 6.07) is 3.87. The molecule has 3 rings (SSSR count). The fourth-order valence-corrected chi connectivity index (χ4v) is 3.91. The molecule has 138 valence electrons. The number of aryl methyl sites for hydroxylation is 1. The van der Waals surface area contributed by atoms with Crippen molar-refractivity contribution >= 4 is 23.2 Å². The van der Waals surface area contributed by atoms with Crippen LogP contribution in [0.4, 0.5) is 0 Å². The second kappa shape index (κ2) is 8.89. The Morgan fingerprint density at radius 1 is 1.35 bits per heavy atom. The molecule has 1 aliphatic heterocycles. The summed E-state index contributed by atoms with van der Waals surface area (Å²) in [5.74, 6) is -0.0761. The molecular formula is C19H23N3O3S. The van der Waals surface area contributed by atoms with E-state index in [1.165, 1.54) is 0 Å². The number of aromatic nitrogens is 2. The molecule has 3 heterocycles.